The average Bonchev–Trinajstić information content (AvgIpc) is 2.96. The lowest BCUT2D eigenvalue weighted by atomic mass is 10.2. The molecular formula is C15H15N3O2S. The van der Waals surface area contributed by atoms with Gasteiger partial charge in [-0.3, -0.25) is 9.59 Å². The molecule has 1 aromatic heterocycles. The molecule has 0 atom stereocenters. The highest BCUT2D eigenvalue weighted by Gasteiger charge is 2.23. The van der Waals surface area contributed by atoms with Crippen molar-refractivity contribution >= 4 is 23.2 Å². The van der Waals surface area contributed by atoms with Crippen molar-refractivity contribution in [3.63, 3.8) is 0 Å². The van der Waals surface area contributed by atoms with E-state index in [9.17, 15) is 9.59 Å². The molecule has 1 aliphatic rings. The number of piperazine rings is 1. The predicted molar refractivity (Wildman–Crippen MR) is 80.3 cm³/mol. The molecule has 0 saturated carbocycles. The van der Waals surface area contributed by atoms with Crippen molar-refractivity contribution in [1.29, 1.82) is 0 Å². The minimum Gasteiger partial charge on any atom is -0.353 e. The Hall–Kier alpha value is -2.21. The van der Waals surface area contributed by atoms with Gasteiger partial charge in [0.2, 0.25) is 5.91 Å². The summed E-state index contributed by atoms with van der Waals surface area (Å²) in [7, 11) is 0. The number of carbonyl (C=O) groups is 2. The van der Waals surface area contributed by atoms with Gasteiger partial charge in [-0.05, 0) is 5.56 Å². The van der Waals surface area contributed by atoms with Crippen LogP contribution in [0.25, 0.3) is 0 Å². The van der Waals surface area contributed by atoms with Crippen LogP contribution in [0.5, 0.6) is 0 Å². The van der Waals surface area contributed by atoms with Crippen molar-refractivity contribution in [2.24, 2.45) is 0 Å². The molecule has 3 rings (SSSR count). The fraction of sp³-hybridized carbons (Fsp3) is 0.267. The molecule has 2 heterocycles. The maximum atomic E-state index is 12.3. The smallest absolute Gasteiger partial charge is 0.273 e. The van der Waals surface area contributed by atoms with Crippen LogP contribution in [0.1, 0.15) is 21.1 Å². The summed E-state index contributed by atoms with van der Waals surface area (Å²) >= 11 is 1.48. The molecule has 1 aromatic carbocycles. The van der Waals surface area contributed by atoms with Crippen molar-refractivity contribution in [2.75, 3.05) is 19.6 Å². The Bertz CT molecular complexity index is 654. The highest BCUT2D eigenvalue weighted by molar-refractivity contribution is 7.09. The Balaban J connectivity index is 1.69. The Morgan fingerprint density at radius 2 is 2.14 bits per heavy atom. The molecule has 1 N–H and O–H groups in total. The zero-order valence-corrected chi connectivity index (χ0v) is 12.2. The van der Waals surface area contributed by atoms with Crippen molar-refractivity contribution < 1.29 is 9.59 Å². The summed E-state index contributed by atoms with van der Waals surface area (Å²) in [5.74, 6) is -0.283. The quantitative estimate of drug-likeness (QED) is 0.929. The number of hydrogen-bond acceptors (Lipinski definition) is 4. The standard InChI is InChI=1S/C15H15N3O2S/c19-13-9-18(7-6-16-13)15(20)12-10-21-14(17-12)8-11-4-2-1-3-5-11/h1-5,10H,6-9H2,(H,16,19). The first-order valence-electron chi connectivity index (χ1n) is 6.76. The van der Waals surface area contributed by atoms with Gasteiger partial charge in [-0.15, -0.1) is 11.3 Å². The number of aromatic nitrogens is 1. The first-order chi connectivity index (χ1) is 10.2. The second kappa shape index (κ2) is 6.05. The third-order valence-corrected chi connectivity index (χ3v) is 4.14. The Morgan fingerprint density at radius 3 is 2.90 bits per heavy atom. The Kier molecular flexibility index (Phi) is 3.96. The minimum absolute atomic E-state index is 0.115. The molecule has 5 nitrogen and oxygen atoms in total. The zero-order valence-electron chi connectivity index (χ0n) is 11.4. The molecule has 1 aliphatic heterocycles. The first kappa shape index (κ1) is 13.8. The summed E-state index contributed by atoms with van der Waals surface area (Å²) in [5.41, 5.74) is 1.60. The fourth-order valence-electron chi connectivity index (χ4n) is 2.23. The van der Waals surface area contributed by atoms with Crippen LogP contribution in [0, 0.1) is 0 Å². The van der Waals surface area contributed by atoms with Gasteiger partial charge in [0.15, 0.2) is 0 Å². The third kappa shape index (κ3) is 3.28. The number of thiazole rings is 1. The van der Waals surface area contributed by atoms with Gasteiger partial charge in [0.25, 0.3) is 5.91 Å². The van der Waals surface area contributed by atoms with Crippen LogP contribution in [0.4, 0.5) is 0 Å². The predicted octanol–water partition coefficient (Wildman–Crippen LogP) is 1.31. The summed E-state index contributed by atoms with van der Waals surface area (Å²) in [5, 5.41) is 5.38. The SMILES string of the molecule is O=C1CN(C(=O)c2csc(Cc3ccccc3)n2)CCN1. The van der Waals surface area contributed by atoms with Crippen LogP contribution in [0.3, 0.4) is 0 Å². The van der Waals surface area contributed by atoms with Gasteiger partial charge < -0.3 is 10.2 Å². The van der Waals surface area contributed by atoms with E-state index >= 15 is 0 Å². The number of nitrogens with one attached hydrogen (secondary N) is 1. The monoisotopic (exact) mass is 301 g/mol. The lowest BCUT2D eigenvalue weighted by Gasteiger charge is -2.25. The zero-order chi connectivity index (χ0) is 14.7. The van der Waals surface area contributed by atoms with E-state index in [0.717, 1.165) is 11.4 Å². The Labute approximate surface area is 126 Å². The van der Waals surface area contributed by atoms with Crippen molar-refractivity contribution in [3.05, 3.63) is 52.0 Å². The van der Waals surface area contributed by atoms with Crippen molar-refractivity contribution in [2.45, 2.75) is 6.42 Å². The van der Waals surface area contributed by atoms with Crippen LogP contribution >= 0.6 is 11.3 Å². The summed E-state index contributed by atoms with van der Waals surface area (Å²) < 4.78 is 0. The van der Waals surface area contributed by atoms with E-state index in [4.69, 9.17) is 0 Å². The fourth-order valence-corrected chi connectivity index (χ4v) is 3.04. The van der Waals surface area contributed by atoms with Gasteiger partial charge in [0.1, 0.15) is 5.69 Å². The molecule has 108 valence electrons. The van der Waals surface area contributed by atoms with Gasteiger partial charge in [0, 0.05) is 24.9 Å². The van der Waals surface area contributed by atoms with E-state index in [1.165, 1.54) is 16.9 Å². The Morgan fingerprint density at radius 1 is 1.33 bits per heavy atom. The molecule has 2 amide bonds. The number of rotatable bonds is 3. The van der Waals surface area contributed by atoms with Gasteiger partial charge in [-0.2, -0.15) is 0 Å². The van der Waals surface area contributed by atoms with Crippen LogP contribution in [-0.4, -0.2) is 41.3 Å². The van der Waals surface area contributed by atoms with Crippen LogP contribution < -0.4 is 5.32 Å². The molecule has 0 radical (unpaired) electrons. The summed E-state index contributed by atoms with van der Waals surface area (Å²) in [4.78, 5) is 29.6. The molecule has 21 heavy (non-hydrogen) atoms. The average molecular weight is 301 g/mol. The highest BCUT2D eigenvalue weighted by atomic mass is 32.1. The largest absolute Gasteiger partial charge is 0.353 e. The lowest BCUT2D eigenvalue weighted by molar-refractivity contribution is -0.123. The van der Waals surface area contributed by atoms with Crippen LogP contribution in [0.2, 0.25) is 0 Å². The molecule has 1 saturated heterocycles. The van der Waals surface area contributed by atoms with E-state index < -0.39 is 0 Å². The normalized spacial score (nSPS) is 14.9. The molecule has 2 aromatic rings. The first-order valence-corrected chi connectivity index (χ1v) is 7.64. The maximum Gasteiger partial charge on any atom is 0.273 e. The molecule has 0 aliphatic carbocycles. The van der Waals surface area contributed by atoms with Gasteiger partial charge in [-0.1, -0.05) is 30.3 Å². The van der Waals surface area contributed by atoms with E-state index in [1.807, 2.05) is 30.3 Å². The molecule has 0 unspecified atom stereocenters. The molecule has 6 heteroatoms. The molecule has 0 spiro atoms. The third-order valence-electron chi connectivity index (χ3n) is 3.29. The second-order valence-electron chi connectivity index (χ2n) is 4.87. The molecule has 0 bridgehead atoms. The van der Waals surface area contributed by atoms with Crippen molar-refractivity contribution in [1.82, 2.24) is 15.2 Å². The van der Waals surface area contributed by atoms with Gasteiger partial charge in [0.05, 0.1) is 11.6 Å². The van der Waals surface area contributed by atoms with Gasteiger partial charge >= 0.3 is 0 Å². The second-order valence-corrected chi connectivity index (χ2v) is 5.81. The number of benzene rings is 1. The van der Waals surface area contributed by atoms with E-state index in [1.54, 1.807) is 10.3 Å². The van der Waals surface area contributed by atoms with Gasteiger partial charge in [-0.25, -0.2) is 4.98 Å². The van der Waals surface area contributed by atoms with E-state index in [0.29, 0.717) is 18.8 Å². The van der Waals surface area contributed by atoms with E-state index in [-0.39, 0.29) is 18.4 Å². The van der Waals surface area contributed by atoms with Crippen LogP contribution in [-0.2, 0) is 11.2 Å². The molecular weight excluding hydrogens is 286 g/mol. The lowest BCUT2D eigenvalue weighted by Crippen LogP contribution is -2.50. The summed E-state index contributed by atoms with van der Waals surface area (Å²) in [6, 6.07) is 10.0. The van der Waals surface area contributed by atoms with Crippen molar-refractivity contribution in [3.8, 4) is 0 Å². The minimum atomic E-state index is -0.166. The topological polar surface area (TPSA) is 62.3 Å². The summed E-state index contributed by atoms with van der Waals surface area (Å²) in [6.45, 7) is 1.16. The van der Waals surface area contributed by atoms with E-state index in [2.05, 4.69) is 10.3 Å². The number of nitrogens with zero attached hydrogens (tertiary/aromatic N) is 2. The maximum absolute atomic E-state index is 12.3. The highest BCUT2D eigenvalue weighted by Crippen LogP contribution is 2.16. The van der Waals surface area contributed by atoms with Crippen LogP contribution in [0.15, 0.2) is 35.7 Å². The number of amides is 2. The molecule has 1 fully saturated rings. The number of hydrogen-bond donors (Lipinski definition) is 1. The summed E-state index contributed by atoms with van der Waals surface area (Å²) in [6.07, 6.45) is 0.722. The number of carbonyl (C=O) groups excluding carboxylic acids is 2.